The molecule has 5 amide bonds. The first-order valence-corrected chi connectivity index (χ1v) is 11.8. The van der Waals surface area contributed by atoms with Crippen LogP contribution in [0.4, 0.5) is 0 Å². The van der Waals surface area contributed by atoms with Crippen LogP contribution >= 0.6 is 11.8 Å². The highest BCUT2D eigenvalue weighted by molar-refractivity contribution is 7.98. The van der Waals surface area contributed by atoms with E-state index in [9.17, 15) is 38.7 Å². The number of carbonyl (C=O) groups excluding carboxylic acids is 5. The summed E-state index contributed by atoms with van der Waals surface area (Å²) in [6, 6.07) is -5.51. The molecule has 0 spiro atoms. The topological polar surface area (TPSA) is 274 Å². The van der Waals surface area contributed by atoms with E-state index in [1.165, 1.54) is 11.8 Å². The van der Waals surface area contributed by atoms with Crippen LogP contribution in [0.3, 0.4) is 0 Å². The zero-order valence-corrected chi connectivity index (χ0v) is 20.0. The normalized spacial score (nSPS) is 14.0. The van der Waals surface area contributed by atoms with E-state index in [-0.39, 0.29) is 19.3 Å². The van der Waals surface area contributed by atoms with Gasteiger partial charge in [-0.15, -0.1) is 0 Å². The Balaban J connectivity index is 5.47. The highest BCUT2D eigenvalue weighted by Gasteiger charge is 2.31. The van der Waals surface area contributed by atoms with Crippen molar-refractivity contribution in [1.29, 1.82) is 0 Å². The molecule has 0 aromatic heterocycles. The van der Waals surface area contributed by atoms with E-state index in [4.69, 9.17) is 22.3 Å². The quantitative estimate of drug-likeness (QED) is 0.0882. The molecule has 15 nitrogen and oxygen atoms in total. The smallest absolute Gasteiger partial charge is 0.326 e. The molecule has 0 saturated heterocycles. The van der Waals surface area contributed by atoms with Crippen molar-refractivity contribution >= 4 is 53.2 Å². The van der Waals surface area contributed by atoms with Gasteiger partial charge < -0.3 is 43.4 Å². The molecule has 4 unspecified atom stereocenters. The molecule has 0 aromatic rings. The summed E-state index contributed by atoms with van der Waals surface area (Å²) in [7, 11) is 0. The average molecular weight is 521 g/mol. The first kappa shape index (κ1) is 31.6. The highest BCUT2D eigenvalue weighted by atomic mass is 32.2. The van der Waals surface area contributed by atoms with Crippen molar-refractivity contribution in [2.24, 2.45) is 17.2 Å². The lowest BCUT2D eigenvalue weighted by Crippen LogP contribution is -2.57. The molecule has 35 heavy (non-hydrogen) atoms. The lowest BCUT2D eigenvalue weighted by molar-refractivity contribution is -0.143. The van der Waals surface area contributed by atoms with Gasteiger partial charge >= 0.3 is 11.9 Å². The second-order valence-corrected chi connectivity index (χ2v) is 8.50. The number of carbonyl (C=O) groups is 7. The monoisotopic (exact) mass is 520 g/mol. The minimum atomic E-state index is -1.60. The van der Waals surface area contributed by atoms with E-state index < -0.39 is 84.9 Å². The van der Waals surface area contributed by atoms with E-state index in [0.717, 1.165) is 0 Å². The van der Waals surface area contributed by atoms with Crippen molar-refractivity contribution in [3.8, 4) is 0 Å². The second-order valence-electron chi connectivity index (χ2n) is 7.52. The number of hydrogen-bond donors (Lipinski definition) is 8. The number of nitrogens with two attached hydrogens (primary N) is 3. The van der Waals surface area contributed by atoms with Crippen molar-refractivity contribution in [3.05, 3.63) is 0 Å². The molecule has 0 aromatic carbocycles. The Morgan fingerprint density at radius 1 is 0.743 bits per heavy atom. The third-order valence-corrected chi connectivity index (χ3v) is 5.23. The van der Waals surface area contributed by atoms with Crippen LogP contribution in [0.2, 0.25) is 0 Å². The Kier molecular flexibility index (Phi) is 14.7. The number of thioether (sulfide) groups is 1. The summed E-state index contributed by atoms with van der Waals surface area (Å²) in [5.74, 6) is -6.72. The van der Waals surface area contributed by atoms with E-state index in [1.54, 1.807) is 6.26 Å². The predicted octanol–water partition coefficient (Wildman–Crippen LogP) is -3.39. The van der Waals surface area contributed by atoms with Crippen molar-refractivity contribution in [3.63, 3.8) is 0 Å². The first-order chi connectivity index (χ1) is 16.3. The van der Waals surface area contributed by atoms with E-state index >= 15 is 0 Å². The highest BCUT2D eigenvalue weighted by Crippen LogP contribution is 2.05. The van der Waals surface area contributed by atoms with Crippen molar-refractivity contribution < 1.29 is 43.8 Å². The largest absolute Gasteiger partial charge is 0.481 e. The number of primary amides is 2. The average Bonchev–Trinajstić information content (AvgIpc) is 2.75. The van der Waals surface area contributed by atoms with Crippen LogP contribution in [0.15, 0.2) is 0 Å². The Morgan fingerprint density at radius 3 is 1.77 bits per heavy atom. The number of amides is 5. The molecule has 0 aliphatic rings. The lowest BCUT2D eigenvalue weighted by Gasteiger charge is -2.24. The van der Waals surface area contributed by atoms with Crippen LogP contribution in [-0.2, 0) is 33.6 Å². The molecule has 0 aliphatic carbocycles. The van der Waals surface area contributed by atoms with Gasteiger partial charge in [0, 0.05) is 12.8 Å². The lowest BCUT2D eigenvalue weighted by atomic mass is 10.1. The molecule has 198 valence electrons. The third kappa shape index (κ3) is 13.8. The SMILES string of the molecule is CSCCC(NC(=O)C(N)CCC(N)=O)C(=O)NC(CC(N)=O)C(=O)NC(CCC(=O)O)C(=O)O. The number of rotatable bonds is 18. The molecule has 0 heterocycles. The molecule has 16 heteroatoms. The minimum absolute atomic E-state index is 0.0579. The van der Waals surface area contributed by atoms with E-state index in [1.807, 2.05) is 0 Å². The van der Waals surface area contributed by atoms with Gasteiger partial charge in [-0.05, 0) is 31.3 Å². The third-order valence-electron chi connectivity index (χ3n) is 4.58. The molecule has 0 fully saturated rings. The minimum Gasteiger partial charge on any atom is -0.481 e. The Hall–Kier alpha value is -3.40. The molecule has 0 aliphatic heterocycles. The molecule has 11 N–H and O–H groups in total. The van der Waals surface area contributed by atoms with Gasteiger partial charge in [0.15, 0.2) is 0 Å². The summed E-state index contributed by atoms with van der Waals surface area (Å²) in [5.41, 5.74) is 15.9. The molecule has 0 saturated carbocycles. The molecular weight excluding hydrogens is 488 g/mol. The standard InChI is InChI=1S/C19H32N6O9S/c1-35-7-6-10(23-16(30)9(20)2-4-13(21)26)17(31)25-12(8-14(22)27)18(32)24-11(19(33)34)3-5-15(28)29/h9-12H,2-8,20H2,1H3,(H2,21,26)(H2,22,27)(H,23,30)(H,24,32)(H,25,31)(H,28,29)(H,33,34). The molecule has 4 atom stereocenters. The number of carboxylic acid groups (broad SMARTS) is 2. The number of hydrogen-bond acceptors (Lipinski definition) is 9. The van der Waals surface area contributed by atoms with Crippen molar-refractivity contribution in [2.45, 2.75) is 62.7 Å². The van der Waals surface area contributed by atoms with Gasteiger partial charge in [0.25, 0.3) is 0 Å². The Morgan fingerprint density at radius 2 is 1.29 bits per heavy atom. The Labute approximate surface area is 205 Å². The predicted molar refractivity (Wildman–Crippen MR) is 124 cm³/mol. The summed E-state index contributed by atoms with van der Waals surface area (Å²) >= 11 is 1.36. The van der Waals surface area contributed by atoms with Crippen LogP contribution in [-0.4, -0.2) is 87.9 Å². The molecular formula is C19H32N6O9S. The van der Waals surface area contributed by atoms with Crippen LogP contribution in [0.1, 0.15) is 38.5 Å². The van der Waals surface area contributed by atoms with Crippen LogP contribution in [0.5, 0.6) is 0 Å². The van der Waals surface area contributed by atoms with Gasteiger partial charge in [0.1, 0.15) is 18.1 Å². The summed E-state index contributed by atoms with van der Waals surface area (Å²) in [6.45, 7) is 0. The van der Waals surface area contributed by atoms with Crippen LogP contribution < -0.4 is 33.2 Å². The summed E-state index contributed by atoms with van der Waals surface area (Å²) in [5, 5.41) is 24.7. The zero-order valence-electron chi connectivity index (χ0n) is 19.2. The van der Waals surface area contributed by atoms with E-state index in [2.05, 4.69) is 16.0 Å². The van der Waals surface area contributed by atoms with Crippen LogP contribution in [0.25, 0.3) is 0 Å². The van der Waals surface area contributed by atoms with Gasteiger partial charge in [-0.1, -0.05) is 0 Å². The molecule has 0 bridgehead atoms. The molecule has 0 radical (unpaired) electrons. The van der Waals surface area contributed by atoms with Gasteiger partial charge in [0.2, 0.25) is 29.5 Å². The summed E-state index contributed by atoms with van der Waals surface area (Å²) in [6.07, 6.45) is -0.0257. The fourth-order valence-corrected chi connectivity index (χ4v) is 3.16. The second kappa shape index (κ2) is 16.3. The zero-order chi connectivity index (χ0) is 27.1. The van der Waals surface area contributed by atoms with Crippen molar-refractivity contribution in [2.75, 3.05) is 12.0 Å². The maximum atomic E-state index is 12.8. The van der Waals surface area contributed by atoms with Crippen molar-refractivity contribution in [1.82, 2.24) is 16.0 Å². The van der Waals surface area contributed by atoms with Gasteiger partial charge in [-0.2, -0.15) is 11.8 Å². The summed E-state index contributed by atoms with van der Waals surface area (Å²) in [4.78, 5) is 82.1. The fraction of sp³-hybridized carbons (Fsp3) is 0.632. The fourth-order valence-electron chi connectivity index (χ4n) is 2.69. The molecule has 0 rings (SSSR count). The summed E-state index contributed by atoms with van der Waals surface area (Å²) < 4.78 is 0. The number of carboxylic acids is 2. The van der Waals surface area contributed by atoms with Gasteiger partial charge in [-0.25, -0.2) is 4.79 Å². The maximum Gasteiger partial charge on any atom is 0.326 e. The Bertz CT molecular complexity index is 810. The van der Waals surface area contributed by atoms with Crippen LogP contribution in [0, 0.1) is 0 Å². The number of nitrogens with one attached hydrogen (secondary N) is 3. The maximum absolute atomic E-state index is 12.8. The number of aliphatic carboxylic acids is 2. The first-order valence-electron chi connectivity index (χ1n) is 10.4. The van der Waals surface area contributed by atoms with Gasteiger partial charge in [-0.3, -0.25) is 28.8 Å². The van der Waals surface area contributed by atoms with E-state index in [0.29, 0.717) is 5.75 Å². The van der Waals surface area contributed by atoms with Gasteiger partial charge in [0.05, 0.1) is 12.5 Å².